The summed E-state index contributed by atoms with van der Waals surface area (Å²) in [5, 5.41) is 37.5. The minimum absolute atomic E-state index is 0.0114. The molecule has 540 valence electrons. The Bertz CT molecular complexity index is 3700. The summed E-state index contributed by atoms with van der Waals surface area (Å²) in [5.41, 5.74) is 9.50. The van der Waals surface area contributed by atoms with Gasteiger partial charge in [0.05, 0.1) is 87.9 Å². The van der Waals surface area contributed by atoms with Gasteiger partial charge in [0.1, 0.15) is 31.3 Å². The zero-order valence-corrected chi connectivity index (χ0v) is 58.2. The normalized spacial score (nSPS) is 18.1. The number of benzene rings is 4. The largest absolute Gasteiger partial charge is 0.493 e. The Morgan fingerprint density at radius 3 is 1.39 bits per heavy atom. The SMILES string of the molecule is COCCOCCC(=O)N[C@@H](C(=O)N[C@H](C)C(=O)Nc1ccc(COC(=O)N2c3cc(OCCCCCOc4cc5c(cc4OC)C(=O)N4C=C(C)CC4[C@H](O)N5C(=O)OCc4ccc(NC(=O)[C@@H](C)NC(=O)[C@H](N)C(C)C)cc4)c(OC)cc3C(=O)N3C=C(C)C[C@H]3[C@@H]2O)cc1)C(C)C. The summed E-state index contributed by atoms with van der Waals surface area (Å²) in [6.45, 7) is 14.4. The van der Waals surface area contributed by atoms with Gasteiger partial charge in [-0.25, -0.2) is 19.4 Å². The molecule has 4 heterocycles. The number of unbranched alkanes of at least 4 members (excludes halogenated alkanes) is 2. The highest BCUT2D eigenvalue weighted by Crippen LogP contribution is 2.44. The quantitative estimate of drug-likeness (QED) is 0.0246. The van der Waals surface area contributed by atoms with Crippen LogP contribution in [0.15, 0.2) is 96.3 Å². The molecule has 0 aliphatic carbocycles. The maximum Gasteiger partial charge on any atom is 0.416 e. The highest BCUT2D eigenvalue weighted by Gasteiger charge is 2.47. The van der Waals surface area contributed by atoms with Crippen molar-refractivity contribution in [1.29, 1.82) is 0 Å². The molecule has 4 aliphatic heterocycles. The van der Waals surface area contributed by atoms with Gasteiger partial charge in [0, 0.05) is 49.4 Å². The highest BCUT2D eigenvalue weighted by atomic mass is 16.6. The lowest BCUT2D eigenvalue weighted by molar-refractivity contribution is -0.132. The van der Waals surface area contributed by atoms with Crippen molar-refractivity contribution in [2.45, 2.75) is 156 Å². The number of rotatable bonds is 31. The van der Waals surface area contributed by atoms with Crippen LogP contribution in [0.2, 0.25) is 0 Å². The van der Waals surface area contributed by atoms with E-state index < -0.39 is 96.3 Å². The number of nitrogens with zero attached hydrogens (tertiary/aromatic N) is 4. The molecule has 0 aromatic heterocycles. The number of ether oxygens (including phenoxy) is 8. The van der Waals surface area contributed by atoms with Crippen LogP contribution < -0.4 is 61.1 Å². The molecule has 0 saturated carbocycles. The van der Waals surface area contributed by atoms with Crippen LogP contribution in [0.1, 0.15) is 126 Å². The van der Waals surface area contributed by atoms with E-state index in [2.05, 4.69) is 26.6 Å². The first kappa shape index (κ1) is 76.0. The molecule has 9 N–H and O–H groups in total. The number of aliphatic hydroxyl groups is 2. The summed E-state index contributed by atoms with van der Waals surface area (Å²) in [7, 11) is 4.36. The van der Waals surface area contributed by atoms with E-state index in [-0.39, 0.29) is 116 Å². The van der Waals surface area contributed by atoms with Crippen LogP contribution in [0.4, 0.5) is 32.3 Å². The Balaban J connectivity index is 0.876. The maximum atomic E-state index is 14.3. The number of nitrogens with two attached hydrogens (primary N) is 1. The van der Waals surface area contributed by atoms with Gasteiger partial charge in [-0.2, -0.15) is 0 Å². The summed E-state index contributed by atoms with van der Waals surface area (Å²) >= 11 is 0. The Kier molecular flexibility index (Phi) is 26.4. The third-order valence-electron chi connectivity index (χ3n) is 17.3. The molecule has 29 nitrogen and oxygen atoms in total. The molecule has 8 atom stereocenters. The van der Waals surface area contributed by atoms with Crippen LogP contribution in [-0.2, 0) is 56.1 Å². The van der Waals surface area contributed by atoms with Crippen LogP contribution >= 0.6 is 0 Å². The minimum Gasteiger partial charge on any atom is -0.493 e. The van der Waals surface area contributed by atoms with Crippen molar-refractivity contribution in [1.82, 2.24) is 25.8 Å². The first-order chi connectivity index (χ1) is 47.7. The molecule has 100 heavy (non-hydrogen) atoms. The van der Waals surface area contributed by atoms with Gasteiger partial charge >= 0.3 is 12.2 Å². The molecule has 4 aliphatic rings. The standard InChI is InChI=1S/C71H92N10O19/c1-39(2)60(72)64(85)73-43(7)62(83)75-47-19-15-45(16-20-47)37-99-70(91)80-51-33-57(55(94-10)31-49(51)66(87)78-35-41(5)29-53(78)68(80)89)97-24-13-12-14-25-98-58-34-52-50(32-56(58)95-11)67(88)79-36-42(6)30-54(79)69(90)81(52)71(92)100-38-46-17-21-48(22-18-46)76-63(84)44(8)74-65(86)61(40(3)4)77-59(82)23-26-96-28-27-93-9/h15-22,31-36,39-40,43-44,53-54,60-61,68-69,89-90H,12-14,23-30,37-38,72H2,1-11H3,(H,73,85)(H,74,86)(H,75,83)(H,76,84)(H,77,82)/t43-,44-,53?,54+,60-,61-,68+,69+/m1/s1. The Morgan fingerprint density at radius 2 is 0.980 bits per heavy atom. The molecular formula is C71H92N10O19. The number of hydrogen-bond acceptors (Lipinski definition) is 20. The van der Waals surface area contributed by atoms with Gasteiger partial charge < -0.3 is 90.2 Å². The summed E-state index contributed by atoms with van der Waals surface area (Å²) in [6.07, 6.45) is 0.285. The van der Waals surface area contributed by atoms with Gasteiger partial charge in [0.25, 0.3) is 11.8 Å². The van der Waals surface area contributed by atoms with Crippen molar-refractivity contribution >= 4 is 76.3 Å². The predicted octanol–water partition coefficient (Wildman–Crippen LogP) is 6.58. The smallest absolute Gasteiger partial charge is 0.416 e. The molecule has 1 unspecified atom stereocenters. The van der Waals surface area contributed by atoms with E-state index >= 15 is 0 Å². The van der Waals surface area contributed by atoms with E-state index in [1.807, 2.05) is 13.8 Å². The third-order valence-corrected chi connectivity index (χ3v) is 17.3. The van der Waals surface area contributed by atoms with E-state index in [0.29, 0.717) is 55.0 Å². The van der Waals surface area contributed by atoms with E-state index in [9.17, 15) is 53.4 Å². The number of carbonyl (C=O) groups excluding carboxylic acids is 9. The zero-order valence-electron chi connectivity index (χ0n) is 58.2. The lowest BCUT2D eigenvalue weighted by Gasteiger charge is -2.31. The lowest BCUT2D eigenvalue weighted by atomic mass is 10.0. The van der Waals surface area contributed by atoms with Crippen molar-refractivity contribution in [2.75, 3.05) is 74.8 Å². The number of amides is 9. The van der Waals surface area contributed by atoms with Crippen LogP contribution in [0.25, 0.3) is 0 Å². The van der Waals surface area contributed by atoms with Crippen LogP contribution in [0.3, 0.4) is 0 Å². The zero-order chi connectivity index (χ0) is 72.6. The van der Waals surface area contributed by atoms with Crippen molar-refractivity contribution in [3.05, 3.63) is 119 Å². The fourth-order valence-corrected chi connectivity index (χ4v) is 11.5. The number of anilines is 4. The summed E-state index contributed by atoms with van der Waals surface area (Å²) in [6, 6.07) is 13.4. The van der Waals surface area contributed by atoms with E-state index in [1.54, 1.807) is 95.7 Å². The summed E-state index contributed by atoms with van der Waals surface area (Å²) in [5.74, 6) is -3.05. The first-order valence-corrected chi connectivity index (χ1v) is 33.2. The van der Waals surface area contributed by atoms with Crippen LogP contribution in [0, 0.1) is 11.8 Å². The van der Waals surface area contributed by atoms with E-state index in [4.69, 9.17) is 43.6 Å². The molecule has 0 spiro atoms. The van der Waals surface area contributed by atoms with Crippen LogP contribution in [0.5, 0.6) is 23.0 Å². The van der Waals surface area contributed by atoms with Crippen molar-refractivity contribution in [3.63, 3.8) is 0 Å². The fraction of sp³-hybridized carbons (Fsp3) is 0.479. The molecule has 9 amide bonds. The fourth-order valence-electron chi connectivity index (χ4n) is 11.5. The number of fused-ring (bicyclic) bond motifs is 4. The summed E-state index contributed by atoms with van der Waals surface area (Å²) in [4.78, 5) is 126. The second-order valence-corrected chi connectivity index (χ2v) is 25.6. The molecule has 8 rings (SSSR count). The van der Waals surface area contributed by atoms with Gasteiger partial charge in [0.2, 0.25) is 29.5 Å². The average Bonchev–Trinajstić information content (AvgIpc) is 1.63. The third kappa shape index (κ3) is 18.7. The van der Waals surface area contributed by atoms with Gasteiger partial charge in [-0.05, 0) is 119 Å². The molecule has 0 saturated heterocycles. The second-order valence-electron chi connectivity index (χ2n) is 25.6. The topological polar surface area (TPSA) is 367 Å². The van der Waals surface area contributed by atoms with Gasteiger partial charge in [0.15, 0.2) is 35.5 Å². The minimum atomic E-state index is -1.57. The first-order valence-electron chi connectivity index (χ1n) is 33.2. The predicted molar refractivity (Wildman–Crippen MR) is 367 cm³/mol. The number of nitrogens with one attached hydrogen (secondary N) is 5. The molecule has 4 aromatic carbocycles. The van der Waals surface area contributed by atoms with Gasteiger partial charge in [-0.1, -0.05) is 63.1 Å². The number of hydrogen-bond donors (Lipinski definition) is 8. The lowest BCUT2D eigenvalue weighted by Crippen LogP contribution is -2.53. The molecule has 0 bridgehead atoms. The summed E-state index contributed by atoms with van der Waals surface area (Å²) < 4.78 is 45.9. The van der Waals surface area contributed by atoms with Crippen molar-refractivity contribution in [3.8, 4) is 23.0 Å². The monoisotopic (exact) mass is 1390 g/mol. The van der Waals surface area contributed by atoms with Gasteiger partial charge in [-0.15, -0.1) is 0 Å². The average molecular weight is 1390 g/mol. The van der Waals surface area contributed by atoms with Crippen LogP contribution in [-0.4, -0.2) is 177 Å². The molecule has 4 aromatic rings. The van der Waals surface area contributed by atoms with Crippen molar-refractivity contribution < 1.29 is 91.3 Å². The Labute approximate surface area is 580 Å². The molecule has 0 fully saturated rings. The van der Waals surface area contributed by atoms with E-state index in [0.717, 1.165) is 20.9 Å². The number of aliphatic hydroxyl groups excluding tert-OH is 2. The number of methoxy groups -OCH3 is 3. The molecule has 0 radical (unpaired) electrons. The van der Waals surface area contributed by atoms with Gasteiger partial charge in [-0.3, -0.25) is 33.6 Å². The molecule has 29 heteroatoms. The highest BCUT2D eigenvalue weighted by molar-refractivity contribution is 6.08. The number of carbonyl (C=O) groups is 9. The Morgan fingerprint density at radius 1 is 0.540 bits per heavy atom. The maximum absolute atomic E-state index is 14.3. The Hall–Kier alpha value is -9.81. The van der Waals surface area contributed by atoms with E-state index in [1.165, 1.54) is 62.1 Å². The molecular weight excluding hydrogens is 1300 g/mol. The second kappa shape index (κ2) is 34.8. The van der Waals surface area contributed by atoms with Crippen molar-refractivity contribution in [2.24, 2.45) is 17.6 Å².